The molecule has 0 fully saturated rings. The molecule has 0 saturated heterocycles. The minimum atomic E-state index is -0.467. The second-order valence-electron chi connectivity index (χ2n) is 8.19. The molecule has 0 unspecified atom stereocenters. The van der Waals surface area contributed by atoms with E-state index in [0.29, 0.717) is 31.1 Å². The average molecular weight is 444 g/mol. The van der Waals surface area contributed by atoms with Gasteiger partial charge in [0.15, 0.2) is 0 Å². The van der Waals surface area contributed by atoms with Gasteiger partial charge in [-0.05, 0) is 42.8 Å². The van der Waals surface area contributed by atoms with Crippen molar-refractivity contribution >= 4 is 28.3 Å². The normalized spacial score (nSPS) is 13.2. The first-order valence-corrected chi connectivity index (χ1v) is 10.8. The molecule has 5 rings (SSSR count). The maximum absolute atomic E-state index is 12.0. The van der Waals surface area contributed by atoms with Crippen LogP contribution in [-0.2, 0) is 24.4 Å². The van der Waals surface area contributed by atoms with Gasteiger partial charge in [-0.15, -0.1) is 0 Å². The van der Waals surface area contributed by atoms with E-state index in [9.17, 15) is 9.90 Å². The molecule has 1 aliphatic heterocycles. The Bertz CT molecular complexity index is 1380. The van der Waals surface area contributed by atoms with Crippen molar-refractivity contribution in [3.05, 3.63) is 76.6 Å². The molecule has 2 aromatic heterocycles. The molecule has 0 spiro atoms. The number of benzene rings is 2. The predicted octanol–water partition coefficient (Wildman–Crippen LogP) is 3.16. The molecule has 168 valence electrons. The van der Waals surface area contributed by atoms with E-state index >= 15 is 0 Å². The molecule has 1 amide bonds. The fourth-order valence-corrected chi connectivity index (χ4v) is 4.41. The number of aryl methyl sites for hydroxylation is 1. The van der Waals surface area contributed by atoms with Gasteiger partial charge in [0.1, 0.15) is 5.82 Å². The van der Waals surface area contributed by atoms with Gasteiger partial charge in [-0.1, -0.05) is 18.2 Å². The fourth-order valence-electron chi connectivity index (χ4n) is 4.41. The number of primary amides is 1. The number of amides is 1. The standard InChI is InChI=1S/C25H25N5O3/c1-15-11-19-18(23(26)32)7-4-8-22(19)30(15)25-27-21-9-10-33-14-20(21)24(28-25)29(2)17-6-3-5-16(12-17)13-31/h3-8,11-12,31H,9-10,13-14H2,1-2H3,(H2,26,32). The zero-order valence-electron chi connectivity index (χ0n) is 18.6. The van der Waals surface area contributed by atoms with Crippen molar-refractivity contribution in [2.75, 3.05) is 18.6 Å². The maximum Gasteiger partial charge on any atom is 0.249 e. The topological polar surface area (TPSA) is 107 Å². The second-order valence-corrected chi connectivity index (χ2v) is 8.19. The Labute approximate surface area is 191 Å². The summed E-state index contributed by atoms with van der Waals surface area (Å²) in [5.41, 5.74) is 11.4. The number of carbonyl (C=O) groups is 1. The minimum Gasteiger partial charge on any atom is -0.392 e. The SMILES string of the molecule is Cc1cc2c(C(N)=O)cccc2n1-c1nc2c(c(N(C)c3cccc(CO)c3)n1)COCC2. The highest BCUT2D eigenvalue weighted by Crippen LogP contribution is 2.33. The van der Waals surface area contributed by atoms with Gasteiger partial charge < -0.3 is 20.5 Å². The fraction of sp³-hybridized carbons (Fsp3) is 0.240. The number of carbonyl (C=O) groups excluding carboxylic acids is 1. The van der Waals surface area contributed by atoms with Gasteiger partial charge in [0, 0.05) is 41.4 Å². The quantitative estimate of drug-likeness (QED) is 0.491. The van der Waals surface area contributed by atoms with Crippen molar-refractivity contribution in [3.63, 3.8) is 0 Å². The van der Waals surface area contributed by atoms with Crippen LogP contribution in [0.1, 0.15) is 32.9 Å². The van der Waals surface area contributed by atoms with Crippen LogP contribution < -0.4 is 10.6 Å². The maximum atomic E-state index is 12.0. The summed E-state index contributed by atoms with van der Waals surface area (Å²) >= 11 is 0. The summed E-state index contributed by atoms with van der Waals surface area (Å²) in [6.45, 7) is 2.97. The molecule has 0 bridgehead atoms. The van der Waals surface area contributed by atoms with Crippen LogP contribution in [0.4, 0.5) is 11.5 Å². The van der Waals surface area contributed by atoms with Gasteiger partial charge in [0.25, 0.3) is 0 Å². The summed E-state index contributed by atoms with van der Waals surface area (Å²) in [5, 5.41) is 10.3. The number of nitrogens with two attached hydrogens (primary N) is 1. The van der Waals surface area contributed by atoms with E-state index in [1.165, 1.54) is 0 Å². The minimum absolute atomic E-state index is 0.0331. The van der Waals surface area contributed by atoms with E-state index < -0.39 is 5.91 Å². The van der Waals surface area contributed by atoms with E-state index in [1.807, 2.05) is 65.9 Å². The lowest BCUT2D eigenvalue weighted by Gasteiger charge is -2.26. The number of ether oxygens (including phenoxy) is 1. The highest BCUT2D eigenvalue weighted by molar-refractivity contribution is 6.06. The zero-order chi connectivity index (χ0) is 23.1. The number of hydrogen-bond acceptors (Lipinski definition) is 6. The smallest absolute Gasteiger partial charge is 0.249 e. The lowest BCUT2D eigenvalue weighted by atomic mass is 10.1. The molecular weight excluding hydrogens is 418 g/mol. The molecule has 0 atom stereocenters. The van der Waals surface area contributed by atoms with E-state index in [-0.39, 0.29) is 6.61 Å². The van der Waals surface area contributed by atoms with Crippen molar-refractivity contribution in [2.24, 2.45) is 5.73 Å². The summed E-state index contributed by atoms with van der Waals surface area (Å²) in [6.07, 6.45) is 0.688. The number of aromatic nitrogens is 3. The molecular formula is C25H25N5O3. The number of nitrogens with zero attached hydrogens (tertiary/aromatic N) is 4. The average Bonchev–Trinajstić information content (AvgIpc) is 3.18. The number of rotatable bonds is 5. The molecule has 0 aliphatic carbocycles. The number of anilines is 2. The zero-order valence-corrected chi connectivity index (χ0v) is 18.6. The van der Waals surface area contributed by atoms with Crippen LogP contribution in [-0.4, -0.2) is 39.2 Å². The van der Waals surface area contributed by atoms with Crippen molar-refractivity contribution in [1.29, 1.82) is 0 Å². The highest BCUT2D eigenvalue weighted by atomic mass is 16.5. The lowest BCUT2D eigenvalue weighted by molar-refractivity contribution is 0.100. The molecule has 1 aliphatic rings. The summed E-state index contributed by atoms with van der Waals surface area (Å²) < 4.78 is 7.69. The lowest BCUT2D eigenvalue weighted by Crippen LogP contribution is -2.22. The van der Waals surface area contributed by atoms with E-state index in [1.54, 1.807) is 6.07 Å². The number of fused-ring (bicyclic) bond motifs is 2. The van der Waals surface area contributed by atoms with E-state index in [2.05, 4.69) is 0 Å². The molecule has 8 heteroatoms. The first-order chi connectivity index (χ1) is 16.0. The predicted molar refractivity (Wildman–Crippen MR) is 126 cm³/mol. The Morgan fingerprint density at radius 3 is 2.82 bits per heavy atom. The summed E-state index contributed by atoms with van der Waals surface area (Å²) in [5.74, 6) is 0.812. The summed E-state index contributed by atoms with van der Waals surface area (Å²) in [4.78, 5) is 23.8. The molecule has 3 N–H and O–H groups in total. The molecule has 2 aromatic carbocycles. The van der Waals surface area contributed by atoms with Gasteiger partial charge in [0.2, 0.25) is 11.9 Å². The number of hydrogen-bond donors (Lipinski definition) is 2. The third-order valence-electron chi connectivity index (χ3n) is 6.08. The Morgan fingerprint density at radius 2 is 2.03 bits per heavy atom. The number of aliphatic hydroxyl groups excluding tert-OH is 1. The molecule has 0 radical (unpaired) electrons. The van der Waals surface area contributed by atoms with Crippen molar-refractivity contribution < 1.29 is 14.6 Å². The first-order valence-electron chi connectivity index (χ1n) is 10.8. The molecule has 8 nitrogen and oxygen atoms in total. The van der Waals surface area contributed by atoms with Crippen molar-refractivity contribution in [1.82, 2.24) is 14.5 Å². The third-order valence-corrected chi connectivity index (χ3v) is 6.08. The van der Waals surface area contributed by atoms with Crippen LogP contribution in [0.15, 0.2) is 48.5 Å². The Morgan fingerprint density at radius 1 is 1.21 bits per heavy atom. The van der Waals surface area contributed by atoms with Gasteiger partial charge >= 0.3 is 0 Å². The Hall–Kier alpha value is -3.75. The van der Waals surface area contributed by atoms with Crippen LogP contribution in [0.2, 0.25) is 0 Å². The van der Waals surface area contributed by atoms with Gasteiger partial charge in [-0.25, -0.2) is 4.98 Å². The molecule has 3 heterocycles. The van der Waals surface area contributed by atoms with Crippen LogP contribution >= 0.6 is 0 Å². The van der Waals surface area contributed by atoms with Crippen molar-refractivity contribution in [2.45, 2.75) is 26.6 Å². The Kier molecular flexibility index (Phi) is 5.32. The summed E-state index contributed by atoms with van der Waals surface area (Å²) in [7, 11) is 1.95. The Balaban J connectivity index is 1.71. The third kappa shape index (κ3) is 3.63. The van der Waals surface area contributed by atoms with Crippen LogP contribution in [0, 0.1) is 6.92 Å². The first kappa shape index (κ1) is 21.1. The van der Waals surface area contributed by atoms with Crippen LogP contribution in [0.25, 0.3) is 16.9 Å². The molecule has 4 aromatic rings. The van der Waals surface area contributed by atoms with E-state index in [4.69, 9.17) is 20.4 Å². The molecule has 33 heavy (non-hydrogen) atoms. The van der Waals surface area contributed by atoms with Gasteiger partial charge in [-0.2, -0.15) is 4.98 Å². The van der Waals surface area contributed by atoms with Crippen LogP contribution in [0.5, 0.6) is 0 Å². The highest BCUT2D eigenvalue weighted by Gasteiger charge is 2.24. The van der Waals surface area contributed by atoms with Crippen LogP contribution in [0.3, 0.4) is 0 Å². The molecule has 0 saturated carbocycles. The monoisotopic (exact) mass is 443 g/mol. The largest absolute Gasteiger partial charge is 0.392 e. The second kappa shape index (κ2) is 8.31. The van der Waals surface area contributed by atoms with Crippen molar-refractivity contribution in [3.8, 4) is 5.95 Å². The van der Waals surface area contributed by atoms with Gasteiger partial charge in [-0.3, -0.25) is 9.36 Å². The van der Waals surface area contributed by atoms with E-state index in [0.717, 1.165) is 44.9 Å². The number of aliphatic hydroxyl groups is 1. The summed E-state index contributed by atoms with van der Waals surface area (Å²) in [6, 6.07) is 15.1. The van der Waals surface area contributed by atoms with Gasteiger partial charge in [0.05, 0.1) is 31.0 Å².